The zero-order valence-electron chi connectivity index (χ0n) is 10.9. The summed E-state index contributed by atoms with van der Waals surface area (Å²) in [5.74, 6) is -1.14. The molecular formula is C14H19F2NO2. The number of hydrogen-bond acceptors (Lipinski definition) is 3. The van der Waals surface area contributed by atoms with Crippen LogP contribution < -0.4 is 5.32 Å². The lowest BCUT2D eigenvalue weighted by Crippen LogP contribution is -2.39. The summed E-state index contributed by atoms with van der Waals surface area (Å²) in [6.45, 7) is 0.185. The first-order valence-corrected chi connectivity index (χ1v) is 6.51. The van der Waals surface area contributed by atoms with Crippen molar-refractivity contribution in [1.82, 2.24) is 5.32 Å². The molecule has 106 valence electrons. The van der Waals surface area contributed by atoms with Gasteiger partial charge in [0.2, 0.25) is 0 Å². The second-order valence-corrected chi connectivity index (χ2v) is 4.90. The Morgan fingerprint density at radius 1 is 1.42 bits per heavy atom. The summed E-state index contributed by atoms with van der Waals surface area (Å²) in [5.41, 5.74) is -0.0144. The molecule has 1 aromatic rings. The van der Waals surface area contributed by atoms with Crippen LogP contribution in [0, 0.1) is 11.6 Å². The van der Waals surface area contributed by atoms with Gasteiger partial charge in [-0.25, -0.2) is 8.78 Å². The highest BCUT2D eigenvalue weighted by atomic mass is 19.1. The summed E-state index contributed by atoms with van der Waals surface area (Å²) in [4.78, 5) is 0. The lowest BCUT2D eigenvalue weighted by atomic mass is 10.1. The van der Waals surface area contributed by atoms with Crippen LogP contribution in [0.2, 0.25) is 0 Å². The van der Waals surface area contributed by atoms with Gasteiger partial charge in [-0.3, -0.25) is 0 Å². The van der Waals surface area contributed by atoms with Gasteiger partial charge in [0.15, 0.2) is 0 Å². The monoisotopic (exact) mass is 271 g/mol. The first kappa shape index (κ1) is 14.4. The quantitative estimate of drug-likeness (QED) is 0.862. The molecule has 1 aliphatic rings. The summed E-state index contributed by atoms with van der Waals surface area (Å²) in [6, 6.07) is 3.26. The third-order valence-electron chi connectivity index (χ3n) is 3.65. The highest BCUT2D eigenvalue weighted by molar-refractivity contribution is 5.21. The molecule has 0 saturated heterocycles. The highest BCUT2D eigenvalue weighted by Crippen LogP contribution is 2.23. The molecule has 0 aliphatic heterocycles. The molecule has 2 N–H and O–H groups in total. The molecule has 1 aromatic carbocycles. The third-order valence-corrected chi connectivity index (χ3v) is 3.65. The lowest BCUT2D eigenvalue weighted by Gasteiger charge is -2.21. The van der Waals surface area contributed by atoms with E-state index in [9.17, 15) is 13.9 Å². The second kappa shape index (κ2) is 6.41. The minimum Gasteiger partial charge on any atom is -0.387 e. The van der Waals surface area contributed by atoms with Gasteiger partial charge in [0.05, 0.1) is 12.2 Å². The summed E-state index contributed by atoms with van der Waals surface area (Å²) < 4.78 is 31.9. The molecular weight excluding hydrogens is 252 g/mol. The Labute approximate surface area is 111 Å². The van der Waals surface area contributed by atoms with Crippen molar-refractivity contribution < 1.29 is 18.6 Å². The fourth-order valence-electron chi connectivity index (χ4n) is 2.58. The van der Waals surface area contributed by atoms with Crippen LogP contribution in [-0.4, -0.2) is 30.9 Å². The van der Waals surface area contributed by atoms with Crippen LogP contribution in [-0.2, 0) is 4.74 Å². The standard InChI is InChI=1S/C14H19F2NO2/c1-19-14-4-2-3-12(14)17-8-13(18)10-7-9(15)5-6-11(10)16/h5-7,12-14,17-18H,2-4,8H2,1H3. The maximum atomic E-state index is 13.5. The number of methoxy groups -OCH3 is 1. The van der Waals surface area contributed by atoms with E-state index in [4.69, 9.17) is 4.74 Å². The van der Waals surface area contributed by atoms with E-state index in [0.29, 0.717) is 0 Å². The Morgan fingerprint density at radius 2 is 2.21 bits per heavy atom. The number of ether oxygens (including phenoxy) is 1. The topological polar surface area (TPSA) is 41.5 Å². The highest BCUT2D eigenvalue weighted by Gasteiger charge is 2.27. The zero-order valence-corrected chi connectivity index (χ0v) is 10.9. The molecule has 0 heterocycles. The summed E-state index contributed by atoms with van der Waals surface area (Å²) >= 11 is 0. The summed E-state index contributed by atoms with van der Waals surface area (Å²) in [7, 11) is 1.66. The van der Waals surface area contributed by atoms with Crippen LogP contribution in [0.1, 0.15) is 30.9 Å². The fourth-order valence-corrected chi connectivity index (χ4v) is 2.58. The van der Waals surface area contributed by atoms with Gasteiger partial charge < -0.3 is 15.2 Å². The van der Waals surface area contributed by atoms with E-state index >= 15 is 0 Å². The molecule has 1 saturated carbocycles. The van der Waals surface area contributed by atoms with Gasteiger partial charge in [-0.1, -0.05) is 0 Å². The number of nitrogens with one attached hydrogen (secondary N) is 1. The number of halogens is 2. The van der Waals surface area contributed by atoms with Gasteiger partial charge >= 0.3 is 0 Å². The zero-order chi connectivity index (χ0) is 13.8. The van der Waals surface area contributed by atoms with Crippen molar-refractivity contribution in [2.75, 3.05) is 13.7 Å². The number of hydrogen-bond donors (Lipinski definition) is 2. The number of aliphatic hydroxyl groups is 1. The van der Waals surface area contributed by atoms with Gasteiger partial charge in [-0.05, 0) is 37.5 Å². The molecule has 3 unspecified atom stereocenters. The molecule has 0 aromatic heterocycles. The minimum atomic E-state index is -1.06. The maximum absolute atomic E-state index is 13.5. The van der Waals surface area contributed by atoms with E-state index in [1.165, 1.54) is 0 Å². The Kier molecular flexibility index (Phi) is 4.85. The van der Waals surface area contributed by atoms with Crippen LogP contribution in [0.25, 0.3) is 0 Å². The number of aliphatic hydroxyl groups excluding tert-OH is 1. The third kappa shape index (κ3) is 3.49. The number of benzene rings is 1. The smallest absolute Gasteiger partial charge is 0.129 e. The van der Waals surface area contributed by atoms with E-state index in [-0.39, 0.29) is 24.3 Å². The van der Waals surface area contributed by atoms with Crippen LogP contribution in [0.5, 0.6) is 0 Å². The van der Waals surface area contributed by atoms with Gasteiger partial charge in [0, 0.05) is 25.3 Å². The Bertz CT molecular complexity index is 428. The average molecular weight is 271 g/mol. The predicted octanol–water partition coefficient (Wildman–Crippen LogP) is 2.16. The molecule has 5 heteroatoms. The van der Waals surface area contributed by atoms with Crippen molar-refractivity contribution in [1.29, 1.82) is 0 Å². The molecule has 2 rings (SSSR count). The molecule has 19 heavy (non-hydrogen) atoms. The molecule has 0 spiro atoms. The predicted molar refractivity (Wildman–Crippen MR) is 67.8 cm³/mol. The van der Waals surface area contributed by atoms with Crippen molar-refractivity contribution in [3.05, 3.63) is 35.4 Å². The van der Waals surface area contributed by atoms with E-state index in [1.807, 2.05) is 0 Å². The Balaban J connectivity index is 1.93. The second-order valence-electron chi connectivity index (χ2n) is 4.90. The van der Waals surface area contributed by atoms with Gasteiger partial charge in [0.25, 0.3) is 0 Å². The van der Waals surface area contributed by atoms with Gasteiger partial charge in [-0.15, -0.1) is 0 Å². The van der Waals surface area contributed by atoms with E-state index in [0.717, 1.165) is 37.5 Å². The minimum absolute atomic E-state index is 0.0144. The first-order valence-electron chi connectivity index (χ1n) is 6.51. The van der Waals surface area contributed by atoms with Crippen molar-refractivity contribution in [2.45, 2.75) is 37.5 Å². The van der Waals surface area contributed by atoms with Crippen molar-refractivity contribution in [3.8, 4) is 0 Å². The van der Waals surface area contributed by atoms with Crippen molar-refractivity contribution in [2.24, 2.45) is 0 Å². The normalized spacial score (nSPS) is 24.6. The molecule has 3 nitrogen and oxygen atoms in total. The van der Waals surface area contributed by atoms with E-state index in [2.05, 4.69) is 5.32 Å². The van der Waals surface area contributed by atoms with Gasteiger partial charge in [0.1, 0.15) is 11.6 Å². The SMILES string of the molecule is COC1CCCC1NCC(O)c1cc(F)ccc1F. The molecule has 1 fully saturated rings. The van der Waals surface area contributed by atoms with E-state index in [1.54, 1.807) is 7.11 Å². The average Bonchev–Trinajstić information content (AvgIpc) is 2.86. The van der Waals surface area contributed by atoms with Gasteiger partial charge in [-0.2, -0.15) is 0 Å². The van der Waals surface area contributed by atoms with Crippen LogP contribution >= 0.6 is 0 Å². The molecule has 3 atom stereocenters. The molecule has 0 amide bonds. The largest absolute Gasteiger partial charge is 0.387 e. The van der Waals surface area contributed by atoms with Crippen LogP contribution in [0.15, 0.2) is 18.2 Å². The van der Waals surface area contributed by atoms with Crippen molar-refractivity contribution >= 4 is 0 Å². The first-order chi connectivity index (χ1) is 9.11. The molecule has 0 bridgehead atoms. The number of rotatable bonds is 5. The molecule has 0 radical (unpaired) electrons. The summed E-state index contributed by atoms with van der Waals surface area (Å²) in [6.07, 6.45) is 2.09. The molecule has 1 aliphatic carbocycles. The van der Waals surface area contributed by atoms with E-state index < -0.39 is 17.7 Å². The summed E-state index contributed by atoms with van der Waals surface area (Å²) in [5, 5.41) is 13.1. The lowest BCUT2D eigenvalue weighted by molar-refractivity contribution is 0.0776. The Morgan fingerprint density at radius 3 is 2.95 bits per heavy atom. The van der Waals surface area contributed by atoms with Crippen LogP contribution in [0.3, 0.4) is 0 Å². The fraction of sp³-hybridized carbons (Fsp3) is 0.571. The van der Waals surface area contributed by atoms with Crippen molar-refractivity contribution in [3.63, 3.8) is 0 Å². The maximum Gasteiger partial charge on any atom is 0.129 e. The van der Waals surface area contributed by atoms with Crippen LogP contribution in [0.4, 0.5) is 8.78 Å². The Hall–Kier alpha value is -1.04.